The molecule has 1 aromatic rings. The van der Waals surface area contributed by atoms with E-state index in [1.165, 1.54) is 0 Å². The maximum Gasteiger partial charge on any atom is 0.377 e. The average molecular weight is 211 g/mol. The minimum atomic E-state index is -1.24. The molecule has 0 saturated carbocycles. The third-order valence-corrected chi connectivity index (χ3v) is 2.16. The Morgan fingerprint density at radius 2 is 2.40 bits per heavy atom. The second kappa shape index (κ2) is 3.68. The van der Waals surface area contributed by atoms with Crippen molar-refractivity contribution in [1.29, 1.82) is 0 Å². The minimum absolute atomic E-state index is 0.0325. The normalized spacial score (nSPS) is 16.0. The first kappa shape index (κ1) is 9.63. The van der Waals surface area contributed by atoms with Crippen molar-refractivity contribution in [3.8, 4) is 0 Å². The zero-order valence-electron chi connectivity index (χ0n) is 7.84. The lowest BCUT2D eigenvalue weighted by molar-refractivity contribution is -0.128. The van der Waals surface area contributed by atoms with Crippen molar-refractivity contribution >= 4 is 11.9 Å². The highest BCUT2D eigenvalue weighted by atomic mass is 16.5. The molecular formula is C8H9N3O4. The molecule has 80 valence electrons. The van der Waals surface area contributed by atoms with Crippen molar-refractivity contribution in [1.82, 2.24) is 15.0 Å². The lowest BCUT2D eigenvalue weighted by atomic mass is 10.4. The van der Waals surface area contributed by atoms with E-state index in [1.807, 2.05) is 0 Å². The maximum atomic E-state index is 11.2. The van der Waals surface area contributed by atoms with E-state index in [2.05, 4.69) is 10.1 Å². The first-order chi connectivity index (χ1) is 7.16. The summed E-state index contributed by atoms with van der Waals surface area (Å²) < 4.78 is 4.70. The van der Waals surface area contributed by atoms with Crippen molar-refractivity contribution in [2.45, 2.75) is 19.4 Å². The van der Waals surface area contributed by atoms with Gasteiger partial charge >= 0.3 is 5.97 Å². The predicted octanol–water partition coefficient (Wildman–Crippen LogP) is -0.110. The first-order valence-corrected chi connectivity index (χ1v) is 4.50. The molecule has 1 aromatic heterocycles. The Labute approximate surface area is 84.7 Å². The van der Waals surface area contributed by atoms with Crippen LogP contribution in [-0.4, -0.2) is 38.6 Å². The number of amides is 1. The summed E-state index contributed by atoms with van der Waals surface area (Å²) in [6.45, 7) is 0.850. The predicted molar refractivity (Wildman–Crippen MR) is 45.9 cm³/mol. The summed E-state index contributed by atoms with van der Waals surface area (Å²) in [5, 5.41) is 11.8. The zero-order chi connectivity index (χ0) is 10.8. The highest BCUT2D eigenvalue weighted by Crippen LogP contribution is 2.12. The number of hydrogen-bond acceptors (Lipinski definition) is 5. The second-order valence-corrected chi connectivity index (χ2v) is 3.24. The molecule has 7 nitrogen and oxygen atoms in total. The van der Waals surface area contributed by atoms with Crippen molar-refractivity contribution in [2.24, 2.45) is 0 Å². The summed E-state index contributed by atoms with van der Waals surface area (Å²) in [4.78, 5) is 26.9. The molecular weight excluding hydrogens is 202 g/mol. The molecule has 0 atom stereocenters. The van der Waals surface area contributed by atoms with E-state index >= 15 is 0 Å². The first-order valence-electron chi connectivity index (χ1n) is 4.50. The topological polar surface area (TPSA) is 96.5 Å². The number of nitrogens with zero attached hydrogens (tertiary/aromatic N) is 3. The Hall–Kier alpha value is -1.92. The summed E-state index contributed by atoms with van der Waals surface area (Å²) in [6, 6.07) is 0. The molecule has 0 unspecified atom stereocenters. The van der Waals surface area contributed by atoms with Gasteiger partial charge in [0.1, 0.15) is 0 Å². The van der Waals surface area contributed by atoms with Gasteiger partial charge in [0.15, 0.2) is 0 Å². The van der Waals surface area contributed by atoms with Gasteiger partial charge in [-0.15, -0.1) is 0 Å². The summed E-state index contributed by atoms with van der Waals surface area (Å²) in [5.74, 6) is -1.43. The summed E-state index contributed by atoms with van der Waals surface area (Å²) in [5.41, 5.74) is 0. The van der Waals surface area contributed by atoms with Crippen molar-refractivity contribution in [3.63, 3.8) is 0 Å². The van der Waals surface area contributed by atoms with Gasteiger partial charge in [-0.25, -0.2) is 4.79 Å². The number of likely N-dealkylation sites (tertiary alicyclic amines) is 1. The highest BCUT2D eigenvalue weighted by molar-refractivity contribution is 5.82. The molecule has 0 aliphatic carbocycles. The van der Waals surface area contributed by atoms with Gasteiger partial charge in [-0.2, -0.15) is 4.98 Å². The van der Waals surface area contributed by atoms with Crippen LogP contribution in [0.5, 0.6) is 0 Å². The number of carbonyl (C=O) groups excluding carboxylic acids is 1. The van der Waals surface area contributed by atoms with E-state index in [4.69, 9.17) is 9.63 Å². The van der Waals surface area contributed by atoms with Crippen LogP contribution in [0, 0.1) is 0 Å². The molecule has 2 rings (SSSR count). The largest absolute Gasteiger partial charge is 0.475 e. The Morgan fingerprint density at radius 1 is 1.60 bits per heavy atom. The van der Waals surface area contributed by atoms with E-state index in [-0.39, 0.29) is 24.2 Å². The molecule has 0 bridgehead atoms. The van der Waals surface area contributed by atoms with Crippen molar-refractivity contribution in [2.75, 3.05) is 6.54 Å². The number of aromatic carboxylic acids is 1. The van der Waals surface area contributed by atoms with Crippen molar-refractivity contribution in [3.05, 3.63) is 11.7 Å². The Kier molecular flexibility index (Phi) is 2.36. The number of carboxylic acid groups (broad SMARTS) is 1. The molecule has 1 N–H and O–H groups in total. The molecule has 1 aliphatic rings. The number of hydrogen-bond donors (Lipinski definition) is 1. The van der Waals surface area contributed by atoms with Crippen molar-refractivity contribution < 1.29 is 19.2 Å². The molecule has 1 aliphatic heterocycles. The number of rotatable bonds is 3. The molecule has 1 fully saturated rings. The molecule has 0 radical (unpaired) electrons. The Bertz CT molecular complexity index is 400. The van der Waals surface area contributed by atoms with E-state index in [1.54, 1.807) is 4.90 Å². The Balaban J connectivity index is 2.04. The quantitative estimate of drug-likeness (QED) is 0.749. The third-order valence-electron chi connectivity index (χ3n) is 2.16. The molecule has 0 spiro atoms. The fourth-order valence-corrected chi connectivity index (χ4v) is 1.44. The van der Waals surface area contributed by atoms with Crippen LogP contribution in [-0.2, 0) is 11.3 Å². The molecule has 0 aromatic carbocycles. The average Bonchev–Trinajstić information content (AvgIpc) is 2.77. The van der Waals surface area contributed by atoms with Gasteiger partial charge in [0, 0.05) is 13.0 Å². The SMILES string of the molecule is O=C(O)c1noc(CN2CCCC2=O)n1. The maximum absolute atomic E-state index is 11.2. The van der Waals surface area contributed by atoms with E-state index in [9.17, 15) is 9.59 Å². The fourth-order valence-electron chi connectivity index (χ4n) is 1.44. The van der Waals surface area contributed by atoms with Gasteiger partial charge in [0.05, 0.1) is 6.54 Å². The van der Waals surface area contributed by atoms with Gasteiger partial charge in [0.25, 0.3) is 5.82 Å². The smallest absolute Gasteiger partial charge is 0.377 e. The van der Waals surface area contributed by atoms with Crippen LogP contribution in [0.15, 0.2) is 4.52 Å². The Morgan fingerprint density at radius 3 is 2.93 bits per heavy atom. The standard InChI is InChI=1S/C8H9N3O4/c12-6-2-1-3-11(6)4-5-9-7(8(13)14)10-15-5/h1-4H2,(H,13,14). The van der Waals surface area contributed by atoms with Crippen LogP contribution in [0.25, 0.3) is 0 Å². The van der Waals surface area contributed by atoms with Crippen LogP contribution >= 0.6 is 0 Å². The highest BCUT2D eigenvalue weighted by Gasteiger charge is 2.23. The second-order valence-electron chi connectivity index (χ2n) is 3.24. The summed E-state index contributed by atoms with van der Waals surface area (Å²) >= 11 is 0. The molecule has 7 heteroatoms. The minimum Gasteiger partial charge on any atom is -0.475 e. The number of carboxylic acids is 1. The van der Waals surface area contributed by atoms with Crippen LogP contribution in [0.3, 0.4) is 0 Å². The third kappa shape index (κ3) is 1.95. The van der Waals surface area contributed by atoms with Crippen LogP contribution in [0.1, 0.15) is 29.4 Å². The molecule has 1 saturated heterocycles. The van der Waals surface area contributed by atoms with Crippen LogP contribution in [0.4, 0.5) is 0 Å². The van der Waals surface area contributed by atoms with Gasteiger partial charge < -0.3 is 14.5 Å². The van der Waals surface area contributed by atoms with Gasteiger partial charge in [-0.1, -0.05) is 0 Å². The van der Waals surface area contributed by atoms with Crippen LogP contribution < -0.4 is 0 Å². The van der Waals surface area contributed by atoms with E-state index in [0.717, 1.165) is 6.42 Å². The fraction of sp³-hybridized carbons (Fsp3) is 0.500. The van der Waals surface area contributed by atoms with Gasteiger partial charge in [-0.05, 0) is 11.6 Å². The lowest BCUT2D eigenvalue weighted by Gasteiger charge is -2.11. The zero-order valence-corrected chi connectivity index (χ0v) is 7.84. The summed E-state index contributed by atoms with van der Waals surface area (Å²) in [6.07, 6.45) is 1.35. The van der Waals surface area contributed by atoms with Crippen LogP contribution in [0.2, 0.25) is 0 Å². The molecule has 15 heavy (non-hydrogen) atoms. The summed E-state index contributed by atoms with van der Waals surface area (Å²) in [7, 11) is 0. The van der Waals surface area contributed by atoms with E-state index in [0.29, 0.717) is 13.0 Å². The number of aromatic nitrogens is 2. The van der Waals surface area contributed by atoms with Gasteiger partial charge in [-0.3, -0.25) is 4.79 Å². The molecule has 2 heterocycles. The molecule has 1 amide bonds. The lowest BCUT2D eigenvalue weighted by Crippen LogP contribution is -2.24. The van der Waals surface area contributed by atoms with E-state index < -0.39 is 5.97 Å². The van der Waals surface area contributed by atoms with Gasteiger partial charge in [0.2, 0.25) is 11.8 Å². The number of carbonyl (C=O) groups is 2. The monoisotopic (exact) mass is 211 g/mol.